The van der Waals surface area contributed by atoms with Crippen molar-refractivity contribution in [2.75, 3.05) is 23.8 Å². The lowest BCUT2D eigenvalue weighted by Crippen LogP contribution is -2.45. The third-order valence-corrected chi connectivity index (χ3v) is 5.34. The summed E-state index contributed by atoms with van der Waals surface area (Å²) in [6, 6.07) is 7.54. The van der Waals surface area contributed by atoms with Crippen molar-refractivity contribution in [3.05, 3.63) is 24.3 Å². The number of rotatable bonds is 7. The van der Waals surface area contributed by atoms with Crippen molar-refractivity contribution in [1.82, 2.24) is 4.90 Å². The van der Waals surface area contributed by atoms with Gasteiger partial charge in [-0.3, -0.25) is 5.32 Å². The van der Waals surface area contributed by atoms with E-state index in [2.05, 4.69) is 10.6 Å². The van der Waals surface area contributed by atoms with Crippen molar-refractivity contribution in [1.29, 1.82) is 0 Å². The molecule has 6 heteroatoms. The molecular formula is C22H33N3O3. The Morgan fingerprint density at radius 3 is 2.39 bits per heavy atom. The number of urea groups is 1. The van der Waals surface area contributed by atoms with E-state index in [-0.39, 0.29) is 11.9 Å². The Morgan fingerprint density at radius 2 is 1.75 bits per heavy atom. The molecule has 0 spiro atoms. The summed E-state index contributed by atoms with van der Waals surface area (Å²) in [5.41, 5.74) is 1.29. The predicted octanol–water partition coefficient (Wildman–Crippen LogP) is 5.47. The Morgan fingerprint density at radius 1 is 1.07 bits per heavy atom. The molecule has 1 aromatic rings. The summed E-state index contributed by atoms with van der Waals surface area (Å²) in [6.45, 7) is 5.21. The van der Waals surface area contributed by atoms with Crippen molar-refractivity contribution < 1.29 is 14.3 Å². The number of hydrogen-bond donors (Lipinski definition) is 2. The van der Waals surface area contributed by atoms with Crippen LogP contribution in [-0.2, 0) is 4.74 Å². The fraction of sp³-hybridized carbons (Fsp3) is 0.636. The summed E-state index contributed by atoms with van der Waals surface area (Å²) in [5, 5.41) is 5.75. The second kappa shape index (κ2) is 9.80. The van der Waals surface area contributed by atoms with Crippen LogP contribution in [0, 0.1) is 11.8 Å². The van der Waals surface area contributed by atoms with Crippen LogP contribution in [0.25, 0.3) is 0 Å². The van der Waals surface area contributed by atoms with Gasteiger partial charge in [0.2, 0.25) is 0 Å². The van der Waals surface area contributed by atoms with Gasteiger partial charge < -0.3 is 15.0 Å². The number of anilines is 2. The van der Waals surface area contributed by atoms with Gasteiger partial charge in [0, 0.05) is 24.0 Å². The van der Waals surface area contributed by atoms with E-state index < -0.39 is 6.09 Å². The van der Waals surface area contributed by atoms with Crippen LogP contribution < -0.4 is 10.6 Å². The molecule has 0 heterocycles. The number of carbonyl (C=O) groups is 2. The second-order valence-electron chi connectivity index (χ2n) is 8.52. The van der Waals surface area contributed by atoms with Crippen LogP contribution in [0.4, 0.5) is 21.0 Å². The van der Waals surface area contributed by atoms with Crippen LogP contribution in [0.2, 0.25) is 0 Å². The largest absolute Gasteiger partial charge is 0.449 e. The molecule has 0 bridgehead atoms. The van der Waals surface area contributed by atoms with Crippen molar-refractivity contribution in [3.8, 4) is 0 Å². The van der Waals surface area contributed by atoms with Crippen molar-refractivity contribution in [3.63, 3.8) is 0 Å². The molecule has 154 valence electrons. The summed E-state index contributed by atoms with van der Waals surface area (Å²) in [6.07, 6.45) is 7.87. The molecule has 28 heavy (non-hydrogen) atoms. The van der Waals surface area contributed by atoms with Gasteiger partial charge in [-0.25, -0.2) is 9.59 Å². The minimum Gasteiger partial charge on any atom is -0.449 e. The first kappa shape index (κ1) is 20.5. The molecule has 0 atom stereocenters. The SMILES string of the molecule is CC(C)COC(=O)Nc1cccc(NC(=O)N(CC2CC2)C2CCCCC2)c1. The molecule has 1 aromatic carbocycles. The van der Waals surface area contributed by atoms with E-state index in [4.69, 9.17) is 4.74 Å². The molecule has 2 N–H and O–H groups in total. The van der Waals surface area contributed by atoms with Crippen LogP contribution in [0.3, 0.4) is 0 Å². The highest BCUT2D eigenvalue weighted by atomic mass is 16.5. The van der Waals surface area contributed by atoms with Gasteiger partial charge in [0.05, 0.1) is 6.61 Å². The summed E-state index contributed by atoms with van der Waals surface area (Å²) in [4.78, 5) is 26.9. The number of benzene rings is 1. The van der Waals surface area contributed by atoms with Crippen molar-refractivity contribution in [2.45, 2.75) is 64.8 Å². The smallest absolute Gasteiger partial charge is 0.411 e. The second-order valence-corrected chi connectivity index (χ2v) is 8.52. The van der Waals surface area contributed by atoms with Gasteiger partial charge in [-0.1, -0.05) is 39.2 Å². The normalized spacial score (nSPS) is 17.2. The van der Waals surface area contributed by atoms with Gasteiger partial charge >= 0.3 is 12.1 Å². The fourth-order valence-electron chi connectivity index (χ4n) is 3.64. The summed E-state index contributed by atoms with van der Waals surface area (Å²) < 4.78 is 5.15. The molecule has 0 aromatic heterocycles. The monoisotopic (exact) mass is 387 g/mol. The average molecular weight is 388 g/mol. The molecule has 3 amide bonds. The lowest BCUT2D eigenvalue weighted by molar-refractivity contribution is 0.147. The molecule has 6 nitrogen and oxygen atoms in total. The predicted molar refractivity (Wildman–Crippen MR) is 112 cm³/mol. The van der Waals surface area contributed by atoms with Gasteiger partial charge in [0.15, 0.2) is 0 Å². The van der Waals surface area contributed by atoms with Crippen LogP contribution in [0.15, 0.2) is 24.3 Å². The maximum Gasteiger partial charge on any atom is 0.411 e. The summed E-state index contributed by atoms with van der Waals surface area (Å²) >= 11 is 0. The molecule has 0 radical (unpaired) electrons. The molecule has 0 aliphatic heterocycles. The zero-order valence-corrected chi connectivity index (χ0v) is 17.1. The zero-order valence-electron chi connectivity index (χ0n) is 17.1. The Balaban J connectivity index is 1.59. The van der Waals surface area contributed by atoms with Gasteiger partial charge in [0.25, 0.3) is 0 Å². The van der Waals surface area contributed by atoms with E-state index >= 15 is 0 Å². The Kier molecular flexibility index (Phi) is 7.18. The lowest BCUT2D eigenvalue weighted by atomic mass is 9.94. The standard InChI is InChI=1S/C22H33N3O3/c1-16(2)15-28-22(27)24-19-8-6-7-18(13-19)23-21(26)25(14-17-11-12-17)20-9-4-3-5-10-20/h6-8,13,16-17,20H,3-5,9-12,14-15H2,1-2H3,(H,23,26)(H,24,27). The number of amides is 3. The molecule has 2 aliphatic rings. The third kappa shape index (κ3) is 6.43. The molecule has 0 saturated heterocycles. The summed E-state index contributed by atoms with van der Waals surface area (Å²) in [5.74, 6) is 0.949. The van der Waals surface area contributed by atoms with E-state index in [0.29, 0.717) is 29.9 Å². The lowest BCUT2D eigenvalue weighted by Gasteiger charge is -2.34. The molecular weight excluding hydrogens is 354 g/mol. The van der Waals surface area contributed by atoms with Crippen LogP contribution in [-0.4, -0.2) is 36.2 Å². The highest BCUT2D eigenvalue weighted by molar-refractivity contribution is 5.91. The zero-order chi connectivity index (χ0) is 19.9. The van der Waals surface area contributed by atoms with E-state index in [1.54, 1.807) is 12.1 Å². The molecule has 2 aliphatic carbocycles. The average Bonchev–Trinajstić information content (AvgIpc) is 3.49. The van der Waals surface area contributed by atoms with Gasteiger partial charge in [0.1, 0.15) is 0 Å². The molecule has 2 saturated carbocycles. The number of hydrogen-bond acceptors (Lipinski definition) is 3. The first-order valence-electron chi connectivity index (χ1n) is 10.6. The van der Waals surface area contributed by atoms with Crippen molar-refractivity contribution in [2.24, 2.45) is 11.8 Å². The molecule has 3 rings (SSSR count). The van der Waals surface area contributed by atoms with E-state index in [1.807, 2.05) is 30.9 Å². The molecule has 2 fully saturated rings. The van der Waals surface area contributed by atoms with Crippen LogP contribution in [0.5, 0.6) is 0 Å². The Labute approximate surface area is 168 Å². The van der Waals surface area contributed by atoms with E-state index in [0.717, 1.165) is 19.4 Å². The molecule has 0 unspecified atom stereocenters. The maximum atomic E-state index is 13.0. The number of nitrogens with one attached hydrogen (secondary N) is 2. The maximum absolute atomic E-state index is 13.0. The fourth-order valence-corrected chi connectivity index (χ4v) is 3.64. The van der Waals surface area contributed by atoms with Gasteiger partial charge in [-0.05, 0) is 55.7 Å². The minimum atomic E-state index is -0.477. The minimum absolute atomic E-state index is 0.0293. The topological polar surface area (TPSA) is 70.7 Å². The number of carbonyl (C=O) groups excluding carboxylic acids is 2. The van der Waals surface area contributed by atoms with E-state index in [1.165, 1.54) is 32.1 Å². The first-order valence-corrected chi connectivity index (χ1v) is 10.6. The quantitative estimate of drug-likeness (QED) is 0.652. The number of nitrogens with zero attached hydrogens (tertiary/aromatic N) is 1. The third-order valence-electron chi connectivity index (χ3n) is 5.34. The number of ether oxygens (including phenoxy) is 1. The van der Waals surface area contributed by atoms with Crippen LogP contribution >= 0.6 is 0 Å². The Hall–Kier alpha value is -2.24. The van der Waals surface area contributed by atoms with Gasteiger partial charge in [-0.2, -0.15) is 0 Å². The van der Waals surface area contributed by atoms with Crippen molar-refractivity contribution >= 4 is 23.5 Å². The highest BCUT2D eigenvalue weighted by Crippen LogP contribution is 2.33. The first-order chi connectivity index (χ1) is 13.5. The van der Waals surface area contributed by atoms with Gasteiger partial charge in [-0.15, -0.1) is 0 Å². The summed E-state index contributed by atoms with van der Waals surface area (Å²) in [7, 11) is 0. The van der Waals surface area contributed by atoms with E-state index in [9.17, 15) is 9.59 Å². The van der Waals surface area contributed by atoms with Crippen LogP contribution in [0.1, 0.15) is 58.8 Å². The Bertz CT molecular complexity index is 667. The highest BCUT2D eigenvalue weighted by Gasteiger charge is 2.31.